The first-order valence-electron chi connectivity index (χ1n) is 6.36. The lowest BCUT2D eigenvalue weighted by molar-refractivity contribution is 0.172. The first-order valence-corrected chi connectivity index (χ1v) is 7.52. The van der Waals surface area contributed by atoms with Crippen molar-refractivity contribution in [3.63, 3.8) is 0 Å². The van der Waals surface area contributed by atoms with Gasteiger partial charge in [0.1, 0.15) is 13.2 Å². The summed E-state index contributed by atoms with van der Waals surface area (Å²) in [6.07, 6.45) is 2.48. The Balaban J connectivity index is 1.78. The lowest BCUT2D eigenvalue weighted by atomic mass is 10.1. The zero-order chi connectivity index (χ0) is 12.4. The molecule has 0 bridgehead atoms. The minimum atomic E-state index is 0.508. The summed E-state index contributed by atoms with van der Waals surface area (Å²) in [6.45, 7) is 1.20. The maximum absolute atomic E-state index is 6.06. The molecule has 1 atom stereocenters. The quantitative estimate of drug-likeness (QED) is 0.805. The van der Waals surface area contributed by atoms with Gasteiger partial charge in [-0.05, 0) is 18.6 Å². The fourth-order valence-electron chi connectivity index (χ4n) is 2.30. The molecule has 1 saturated heterocycles. The number of ether oxygens (including phenoxy) is 2. The van der Waals surface area contributed by atoms with E-state index in [0.717, 1.165) is 28.6 Å². The first-order chi connectivity index (χ1) is 8.83. The van der Waals surface area contributed by atoms with Crippen molar-refractivity contribution >= 4 is 23.1 Å². The number of fused-ring (bicyclic) bond motifs is 1. The minimum absolute atomic E-state index is 0.508. The zero-order valence-electron chi connectivity index (χ0n) is 10.3. The molecule has 1 aromatic rings. The number of anilines is 2. The number of hydrogen-bond acceptors (Lipinski definition) is 5. The molecule has 5 heteroatoms. The molecule has 0 radical (unpaired) electrons. The monoisotopic (exact) mass is 266 g/mol. The third-order valence-electron chi connectivity index (χ3n) is 3.23. The molecule has 0 aromatic heterocycles. The second-order valence-corrected chi connectivity index (χ2v) is 5.79. The third kappa shape index (κ3) is 2.46. The number of nitrogen functional groups attached to an aromatic ring is 1. The Morgan fingerprint density at radius 3 is 2.72 bits per heavy atom. The van der Waals surface area contributed by atoms with E-state index in [9.17, 15) is 0 Å². The van der Waals surface area contributed by atoms with Gasteiger partial charge in [-0.2, -0.15) is 11.8 Å². The van der Waals surface area contributed by atoms with Crippen LogP contribution < -0.4 is 20.5 Å². The Bertz CT molecular complexity index is 433. The fraction of sp³-hybridized carbons (Fsp3) is 0.538. The molecule has 2 heterocycles. The van der Waals surface area contributed by atoms with Gasteiger partial charge in [0, 0.05) is 23.9 Å². The smallest absolute Gasteiger partial charge is 0.163 e. The summed E-state index contributed by atoms with van der Waals surface area (Å²) in [5.41, 5.74) is 7.75. The molecule has 4 nitrogen and oxygen atoms in total. The van der Waals surface area contributed by atoms with Crippen LogP contribution >= 0.6 is 11.8 Å². The maximum atomic E-state index is 6.06. The third-order valence-corrected chi connectivity index (χ3v) is 4.45. The summed E-state index contributed by atoms with van der Waals surface area (Å²) in [5, 5.41) is 3.52. The van der Waals surface area contributed by atoms with Crippen LogP contribution in [0.15, 0.2) is 12.1 Å². The lowest BCUT2D eigenvalue weighted by Gasteiger charge is -2.26. The van der Waals surface area contributed by atoms with E-state index in [2.05, 4.69) is 5.32 Å². The average Bonchev–Trinajstić information content (AvgIpc) is 2.41. The van der Waals surface area contributed by atoms with Gasteiger partial charge in [0.25, 0.3) is 0 Å². The van der Waals surface area contributed by atoms with Crippen LogP contribution in [0.5, 0.6) is 11.5 Å². The summed E-state index contributed by atoms with van der Waals surface area (Å²) < 4.78 is 11.1. The van der Waals surface area contributed by atoms with Gasteiger partial charge in [-0.1, -0.05) is 0 Å². The SMILES string of the molecule is Nc1cc2c(cc1NC1CCCSC1)OCCO2. The molecule has 0 amide bonds. The van der Waals surface area contributed by atoms with E-state index >= 15 is 0 Å². The van der Waals surface area contributed by atoms with Gasteiger partial charge >= 0.3 is 0 Å². The standard InChI is InChI=1S/C13H18N2O2S/c14-10-6-12-13(17-4-3-16-12)7-11(10)15-9-2-1-5-18-8-9/h6-7,9,15H,1-5,8,14H2. The Morgan fingerprint density at radius 2 is 2.00 bits per heavy atom. The number of nitrogens with one attached hydrogen (secondary N) is 1. The van der Waals surface area contributed by atoms with Crippen molar-refractivity contribution in [1.29, 1.82) is 0 Å². The molecule has 2 aliphatic heterocycles. The van der Waals surface area contributed by atoms with Crippen LogP contribution in [0.1, 0.15) is 12.8 Å². The van der Waals surface area contributed by atoms with E-state index in [0.29, 0.717) is 19.3 Å². The number of hydrogen-bond donors (Lipinski definition) is 2. The summed E-state index contributed by atoms with van der Waals surface area (Å²) >= 11 is 2.00. The number of nitrogens with two attached hydrogens (primary N) is 1. The molecule has 1 fully saturated rings. The topological polar surface area (TPSA) is 56.5 Å². The molecule has 18 heavy (non-hydrogen) atoms. The summed E-state index contributed by atoms with van der Waals surface area (Å²) in [7, 11) is 0. The maximum Gasteiger partial charge on any atom is 0.163 e. The predicted molar refractivity (Wildman–Crippen MR) is 75.8 cm³/mol. The van der Waals surface area contributed by atoms with Gasteiger partial charge in [0.2, 0.25) is 0 Å². The van der Waals surface area contributed by atoms with Crippen molar-refractivity contribution in [3.05, 3.63) is 12.1 Å². The van der Waals surface area contributed by atoms with Gasteiger partial charge < -0.3 is 20.5 Å². The van der Waals surface area contributed by atoms with E-state index < -0.39 is 0 Å². The van der Waals surface area contributed by atoms with Crippen molar-refractivity contribution < 1.29 is 9.47 Å². The van der Waals surface area contributed by atoms with E-state index in [-0.39, 0.29) is 0 Å². The highest BCUT2D eigenvalue weighted by molar-refractivity contribution is 7.99. The molecule has 0 spiro atoms. The average molecular weight is 266 g/mol. The van der Waals surface area contributed by atoms with Crippen LogP contribution in [-0.2, 0) is 0 Å². The van der Waals surface area contributed by atoms with E-state index in [1.54, 1.807) is 0 Å². The van der Waals surface area contributed by atoms with Crippen molar-refractivity contribution in [2.45, 2.75) is 18.9 Å². The number of rotatable bonds is 2. The Labute approximate surface area is 111 Å². The Morgan fingerprint density at radius 1 is 1.22 bits per heavy atom. The van der Waals surface area contributed by atoms with Crippen LogP contribution in [0.4, 0.5) is 11.4 Å². The molecule has 98 valence electrons. The molecule has 2 aliphatic rings. The largest absolute Gasteiger partial charge is 0.486 e. The highest BCUT2D eigenvalue weighted by atomic mass is 32.2. The highest BCUT2D eigenvalue weighted by Gasteiger charge is 2.18. The second-order valence-electron chi connectivity index (χ2n) is 4.64. The molecule has 1 aromatic carbocycles. The molecule has 1 unspecified atom stereocenters. The van der Waals surface area contributed by atoms with Crippen LogP contribution in [0.25, 0.3) is 0 Å². The van der Waals surface area contributed by atoms with Gasteiger partial charge in [-0.3, -0.25) is 0 Å². The van der Waals surface area contributed by atoms with E-state index in [1.165, 1.54) is 18.6 Å². The summed E-state index contributed by atoms with van der Waals surface area (Å²) in [6, 6.07) is 4.32. The van der Waals surface area contributed by atoms with Gasteiger partial charge in [0.15, 0.2) is 11.5 Å². The van der Waals surface area contributed by atoms with Gasteiger partial charge in [-0.25, -0.2) is 0 Å². The van der Waals surface area contributed by atoms with Crippen molar-refractivity contribution in [1.82, 2.24) is 0 Å². The number of thioether (sulfide) groups is 1. The van der Waals surface area contributed by atoms with Crippen molar-refractivity contribution in [2.24, 2.45) is 0 Å². The predicted octanol–water partition coefficient (Wildman–Crippen LogP) is 2.35. The summed E-state index contributed by atoms with van der Waals surface area (Å²) in [4.78, 5) is 0. The normalized spacial score (nSPS) is 22.6. The molecule has 3 rings (SSSR count). The minimum Gasteiger partial charge on any atom is -0.486 e. The van der Waals surface area contributed by atoms with Crippen LogP contribution in [0, 0.1) is 0 Å². The number of benzene rings is 1. The fourth-order valence-corrected chi connectivity index (χ4v) is 3.38. The second kappa shape index (κ2) is 5.18. The lowest BCUT2D eigenvalue weighted by Crippen LogP contribution is -2.26. The molecular weight excluding hydrogens is 248 g/mol. The van der Waals surface area contributed by atoms with Crippen LogP contribution in [0.3, 0.4) is 0 Å². The molecule has 0 aliphatic carbocycles. The van der Waals surface area contributed by atoms with Gasteiger partial charge in [0.05, 0.1) is 11.4 Å². The Hall–Kier alpha value is -1.23. The van der Waals surface area contributed by atoms with E-state index in [1.807, 2.05) is 23.9 Å². The summed E-state index contributed by atoms with van der Waals surface area (Å²) in [5.74, 6) is 3.96. The van der Waals surface area contributed by atoms with E-state index in [4.69, 9.17) is 15.2 Å². The molecular formula is C13H18N2O2S. The molecule has 3 N–H and O–H groups in total. The first kappa shape index (κ1) is 11.8. The zero-order valence-corrected chi connectivity index (χ0v) is 11.1. The van der Waals surface area contributed by atoms with Crippen molar-refractivity contribution in [2.75, 3.05) is 35.8 Å². The highest BCUT2D eigenvalue weighted by Crippen LogP contribution is 2.37. The van der Waals surface area contributed by atoms with Crippen molar-refractivity contribution in [3.8, 4) is 11.5 Å². The van der Waals surface area contributed by atoms with Crippen LogP contribution in [0.2, 0.25) is 0 Å². The Kier molecular flexibility index (Phi) is 3.41. The van der Waals surface area contributed by atoms with Crippen LogP contribution in [-0.4, -0.2) is 30.8 Å². The molecule has 0 saturated carbocycles. The van der Waals surface area contributed by atoms with Gasteiger partial charge in [-0.15, -0.1) is 0 Å².